The summed E-state index contributed by atoms with van der Waals surface area (Å²) in [6, 6.07) is 0. The molecule has 4 nitrogen and oxygen atoms in total. The molecule has 2 unspecified atom stereocenters. The second-order valence-electron chi connectivity index (χ2n) is 11.0. The minimum atomic E-state index is -0.779. The van der Waals surface area contributed by atoms with Crippen molar-refractivity contribution in [2.45, 2.75) is 83.5 Å². The maximum absolute atomic E-state index is 10.3. The average Bonchev–Trinajstić information content (AvgIpc) is 2.62. The SMILES string of the molecule is CO[C@]1(C)CCC[C@]2(C)[C@@H](CN(C)C)CC(C3=CCC(C(C)(C)O)OC3)C[C@H]21. The molecule has 0 bridgehead atoms. The van der Waals surface area contributed by atoms with Gasteiger partial charge >= 0.3 is 0 Å². The Morgan fingerprint density at radius 2 is 1.96 bits per heavy atom. The van der Waals surface area contributed by atoms with Gasteiger partial charge in [0, 0.05) is 13.7 Å². The molecule has 1 heterocycles. The second kappa shape index (κ2) is 8.02. The van der Waals surface area contributed by atoms with Gasteiger partial charge in [-0.15, -0.1) is 0 Å². The summed E-state index contributed by atoms with van der Waals surface area (Å²) in [4.78, 5) is 2.37. The Hall–Kier alpha value is -0.420. The molecule has 162 valence electrons. The van der Waals surface area contributed by atoms with Gasteiger partial charge < -0.3 is 19.5 Å². The van der Waals surface area contributed by atoms with Crippen LogP contribution >= 0.6 is 0 Å². The molecule has 0 radical (unpaired) electrons. The van der Waals surface area contributed by atoms with E-state index in [1.54, 1.807) is 0 Å². The number of methoxy groups -OCH3 is 1. The molecule has 0 saturated heterocycles. The lowest BCUT2D eigenvalue weighted by molar-refractivity contribution is -0.164. The minimum Gasteiger partial charge on any atom is -0.388 e. The summed E-state index contributed by atoms with van der Waals surface area (Å²) >= 11 is 0. The molecule has 2 fully saturated rings. The van der Waals surface area contributed by atoms with E-state index < -0.39 is 5.60 Å². The largest absolute Gasteiger partial charge is 0.388 e. The fourth-order valence-electron chi connectivity index (χ4n) is 6.50. The minimum absolute atomic E-state index is 0.0259. The van der Waals surface area contributed by atoms with Crippen molar-refractivity contribution in [2.75, 3.05) is 34.4 Å². The first kappa shape index (κ1) is 22.3. The molecule has 1 aliphatic heterocycles. The Kier molecular flexibility index (Phi) is 6.38. The summed E-state index contributed by atoms with van der Waals surface area (Å²) in [7, 11) is 6.32. The van der Waals surface area contributed by atoms with Gasteiger partial charge in [0.05, 0.1) is 23.9 Å². The van der Waals surface area contributed by atoms with Crippen LogP contribution < -0.4 is 0 Å². The maximum atomic E-state index is 10.3. The molecule has 0 spiro atoms. The van der Waals surface area contributed by atoms with Crippen LogP contribution in [0.15, 0.2) is 11.6 Å². The van der Waals surface area contributed by atoms with Crippen LogP contribution in [-0.4, -0.2) is 61.7 Å². The average molecular weight is 394 g/mol. The molecular formula is C24H43NO3. The van der Waals surface area contributed by atoms with Crippen LogP contribution in [0.2, 0.25) is 0 Å². The number of ether oxygens (including phenoxy) is 2. The third-order valence-electron chi connectivity index (χ3n) is 8.35. The Morgan fingerprint density at radius 1 is 1.25 bits per heavy atom. The molecule has 0 aromatic carbocycles. The van der Waals surface area contributed by atoms with Crippen molar-refractivity contribution < 1.29 is 14.6 Å². The van der Waals surface area contributed by atoms with E-state index in [1.807, 2.05) is 21.0 Å². The fraction of sp³-hybridized carbons (Fsp3) is 0.917. The van der Waals surface area contributed by atoms with Crippen molar-refractivity contribution in [2.24, 2.45) is 23.2 Å². The first-order valence-electron chi connectivity index (χ1n) is 11.2. The molecule has 2 saturated carbocycles. The molecule has 6 atom stereocenters. The van der Waals surface area contributed by atoms with Gasteiger partial charge in [0.15, 0.2) is 0 Å². The first-order valence-corrected chi connectivity index (χ1v) is 11.2. The highest BCUT2D eigenvalue weighted by Gasteiger charge is 2.56. The fourth-order valence-corrected chi connectivity index (χ4v) is 6.50. The Bertz CT molecular complexity index is 581. The van der Waals surface area contributed by atoms with Crippen LogP contribution in [0, 0.1) is 23.2 Å². The van der Waals surface area contributed by atoms with Crippen molar-refractivity contribution in [1.82, 2.24) is 4.90 Å². The Morgan fingerprint density at radius 3 is 2.50 bits per heavy atom. The van der Waals surface area contributed by atoms with E-state index >= 15 is 0 Å². The van der Waals surface area contributed by atoms with Crippen LogP contribution in [0.5, 0.6) is 0 Å². The molecule has 3 rings (SSSR count). The number of rotatable bonds is 5. The third-order valence-corrected chi connectivity index (χ3v) is 8.35. The number of fused-ring (bicyclic) bond motifs is 1. The standard InChI is InChI=1S/C24H43NO3/c1-22(2,26)21-10-9-17(16-28-21)18-13-19(15-25(5)6)23(3)11-8-12-24(4,27-7)20(23)14-18/h9,18-21,26H,8,10-16H2,1-7H3/t18?,19-,20-,21?,23-,24-/m1/s1. The van der Waals surface area contributed by atoms with Crippen LogP contribution in [-0.2, 0) is 9.47 Å². The van der Waals surface area contributed by atoms with Gasteiger partial charge in [0.2, 0.25) is 0 Å². The van der Waals surface area contributed by atoms with Crippen molar-refractivity contribution in [3.8, 4) is 0 Å². The van der Waals surface area contributed by atoms with Gasteiger partial charge in [-0.3, -0.25) is 0 Å². The summed E-state index contributed by atoms with van der Waals surface area (Å²) in [6.45, 7) is 10.4. The normalized spacial score (nSPS) is 42.2. The third kappa shape index (κ3) is 4.21. The zero-order valence-corrected chi connectivity index (χ0v) is 19.3. The van der Waals surface area contributed by atoms with E-state index in [1.165, 1.54) is 37.7 Å². The molecule has 0 amide bonds. The number of aliphatic hydroxyl groups is 1. The lowest BCUT2D eigenvalue weighted by atomic mass is 9.49. The van der Waals surface area contributed by atoms with Crippen LogP contribution in [0.4, 0.5) is 0 Å². The molecular weight excluding hydrogens is 350 g/mol. The lowest BCUT2D eigenvalue weighted by Crippen LogP contribution is -2.57. The molecule has 4 heteroatoms. The van der Waals surface area contributed by atoms with Crippen LogP contribution in [0.1, 0.15) is 66.2 Å². The van der Waals surface area contributed by atoms with E-state index in [0.717, 1.165) is 13.0 Å². The topological polar surface area (TPSA) is 41.9 Å². The summed E-state index contributed by atoms with van der Waals surface area (Å²) in [5.41, 5.74) is 0.992. The predicted octanol–water partition coefficient (Wildman–Crippen LogP) is 4.27. The quantitative estimate of drug-likeness (QED) is 0.708. The van der Waals surface area contributed by atoms with Crippen molar-refractivity contribution in [1.29, 1.82) is 0 Å². The zero-order chi connectivity index (χ0) is 20.7. The van der Waals surface area contributed by atoms with Crippen molar-refractivity contribution >= 4 is 0 Å². The van der Waals surface area contributed by atoms with Crippen LogP contribution in [0.25, 0.3) is 0 Å². The highest BCUT2D eigenvalue weighted by atomic mass is 16.5. The molecule has 28 heavy (non-hydrogen) atoms. The van der Waals surface area contributed by atoms with Gasteiger partial charge in [0.25, 0.3) is 0 Å². The van der Waals surface area contributed by atoms with Gasteiger partial charge in [-0.25, -0.2) is 0 Å². The number of hydrogen-bond donors (Lipinski definition) is 1. The molecule has 0 aromatic rings. The van der Waals surface area contributed by atoms with E-state index in [4.69, 9.17) is 9.47 Å². The zero-order valence-electron chi connectivity index (χ0n) is 19.3. The maximum Gasteiger partial charge on any atom is 0.0895 e. The monoisotopic (exact) mass is 393 g/mol. The summed E-state index contributed by atoms with van der Waals surface area (Å²) < 4.78 is 12.3. The molecule has 1 N–H and O–H groups in total. The highest BCUT2D eigenvalue weighted by Crippen LogP contribution is 2.60. The Labute approximate surface area is 172 Å². The molecule has 0 aromatic heterocycles. The predicted molar refractivity (Wildman–Crippen MR) is 114 cm³/mol. The Balaban J connectivity index is 1.85. The van der Waals surface area contributed by atoms with Gasteiger partial charge in [-0.2, -0.15) is 0 Å². The summed E-state index contributed by atoms with van der Waals surface area (Å²) in [5.74, 6) is 1.82. The summed E-state index contributed by atoms with van der Waals surface area (Å²) in [5, 5.41) is 10.3. The van der Waals surface area contributed by atoms with Crippen molar-refractivity contribution in [3.63, 3.8) is 0 Å². The van der Waals surface area contributed by atoms with E-state index in [9.17, 15) is 5.11 Å². The van der Waals surface area contributed by atoms with Gasteiger partial charge in [-0.05, 0) is 95.7 Å². The van der Waals surface area contributed by atoms with Gasteiger partial charge in [-0.1, -0.05) is 19.4 Å². The van der Waals surface area contributed by atoms with Crippen molar-refractivity contribution in [3.05, 3.63) is 11.6 Å². The van der Waals surface area contributed by atoms with E-state index in [-0.39, 0.29) is 11.7 Å². The second-order valence-corrected chi connectivity index (χ2v) is 11.0. The number of nitrogens with zero attached hydrogens (tertiary/aromatic N) is 1. The van der Waals surface area contributed by atoms with E-state index in [2.05, 4.69) is 38.9 Å². The lowest BCUT2D eigenvalue weighted by Gasteiger charge is -2.59. The molecule has 3 aliphatic rings. The summed E-state index contributed by atoms with van der Waals surface area (Å²) in [6.07, 6.45) is 9.29. The molecule has 2 aliphatic carbocycles. The van der Waals surface area contributed by atoms with Crippen LogP contribution in [0.3, 0.4) is 0 Å². The van der Waals surface area contributed by atoms with Gasteiger partial charge in [0.1, 0.15) is 0 Å². The number of hydrogen-bond acceptors (Lipinski definition) is 4. The smallest absolute Gasteiger partial charge is 0.0895 e. The van der Waals surface area contributed by atoms with E-state index in [0.29, 0.717) is 29.8 Å². The highest BCUT2D eigenvalue weighted by molar-refractivity contribution is 5.17. The first-order chi connectivity index (χ1) is 13.0.